The van der Waals surface area contributed by atoms with Crippen molar-refractivity contribution in [2.24, 2.45) is 19.1 Å². The first-order valence-electron chi connectivity index (χ1n) is 7.85. The van der Waals surface area contributed by atoms with Crippen LogP contribution in [0.1, 0.15) is 29.6 Å². The van der Waals surface area contributed by atoms with Gasteiger partial charge in [0.15, 0.2) is 5.96 Å². The van der Waals surface area contributed by atoms with Crippen LogP contribution in [0.5, 0.6) is 0 Å². The van der Waals surface area contributed by atoms with E-state index in [1.807, 2.05) is 29.5 Å². The fourth-order valence-electron chi connectivity index (χ4n) is 2.65. The molecular weight excluding hydrogens is 417 g/mol. The van der Waals surface area contributed by atoms with Crippen LogP contribution in [0.4, 0.5) is 0 Å². The van der Waals surface area contributed by atoms with Crippen molar-refractivity contribution in [3.63, 3.8) is 0 Å². The number of hydrogen-bond acceptors (Lipinski definition) is 3. The van der Waals surface area contributed by atoms with Crippen LogP contribution in [0.2, 0.25) is 0 Å². The van der Waals surface area contributed by atoms with Crippen LogP contribution < -0.4 is 10.6 Å². The van der Waals surface area contributed by atoms with Crippen LogP contribution in [-0.4, -0.2) is 38.6 Å². The highest BCUT2D eigenvalue weighted by Gasteiger charge is 2.14. The van der Waals surface area contributed by atoms with Crippen molar-refractivity contribution < 1.29 is 0 Å². The number of aryl methyl sites for hydroxylation is 3. The molecule has 0 fully saturated rings. The maximum atomic E-state index is 4.48. The maximum Gasteiger partial charge on any atom is 0.191 e. The number of nitrogens with zero attached hydrogens (tertiary/aromatic N) is 5. The minimum absolute atomic E-state index is 0. The molecule has 0 spiro atoms. The summed E-state index contributed by atoms with van der Waals surface area (Å²) in [6, 6.07) is 2.25. The molecular formula is C16H28IN7. The van der Waals surface area contributed by atoms with Crippen LogP contribution in [0.3, 0.4) is 0 Å². The minimum Gasteiger partial charge on any atom is -0.354 e. The van der Waals surface area contributed by atoms with Gasteiger partial charge in [0.05, 0.1) is 17.9 Å². The first-order valence-corrected chi connectivity index (χ1v) is 7.85. The van der Waals surface area contributed by atoms with Crippen molar-refractivity contribution in [3.05, 3.63) is 34.9 Å². The van der Waals surface area contributed by atoms with Crippen LogP contribution in [0.25, 0.3) is 0 Å². The van der Waals surface area contributed by atoms with Crippen molar-refractivity contribution in [2.45, 2.75) is 39.8 Å². The molecule has 0 amide bonds. The Labute approximate surface area is 160 Å². The zero-order valence-corrected chi connectivity index (χ0v) is 17.6. The third-order valence-electron chi connectivity index (χ3n) is 4.14. The van der Waals surface area contributed by atoms with E-state index < -0.39 is 0 Å². The summed E-state index contributed by atoms with van der Waals surface area (Å²) in [4.78, 5) is 4.29. The molecule has 0 saturated heterocycles. The fourth-order valence-corrected chi connectivity index (χ4v) is 2.65. The van der Waals surface area contributed by atoms with Crippen molar-refractivity contribution in [2.75, 3.05) is 7.05 Å². The Morgan fingerprint density at radius 3 is 2.50 bits per heavy atom. The summed E-state index contributed by atoms with van der Waals surface area (Å²) in [5.41, 5.74) is 4.72. The molecule has 7 nitrogen and oxygen atoms in total. The maximum absolute atomic E-state index is 4.48. The molecule has 1 unspecified atom stereocenters. The predicted octanol–water partition coefficient (Wildman–Crippen LogP) is 1.68. The Kier molecular flexibility index (Phi) is 7.71. The lowest BCUT2D eigenvalue weighted by atomic mass is 10.1. The number of aliphatic imine (C=N–C) groups is 1. The van der Waals surface area contributed by atoms with Gasteiger partial charge >= 0.3 is 0 Å². The monoisotopic (exact) mass is 445 g/mol. The second-order valence-electron chi connectivity index (χ2n) is 5.89. The van der Waals surface area contributed by atoms with Gasteiger partial charge in [0, 0.05) is 39.1 Å². The Hall–Kier alpha value is -1.58. The summed E-state index contributed by atoms with van der Waals surface area (Å²) in [6.45, 7) is 7.01. The number of hydrogen-bond donors (Lipinski definition) is 2. The van der Waals surface area contributed by atoms with Gasteiger partial charge in [-0.3, -0.25) is 14.4 Å². The smallest absolute Gasteiger partial charge is 0.191 e. The molecule has 0 aliphatic heterocycles. The van der Waals surface area contributed by atoms with Gasteiger partial charge in [-0.2, -0.15) is 10.2 Å². The Morgan fingerprint density at radius 1 is 1.29 bits per heavy atom. The normalized spacial score (nSPS) is 12.7. The number of guanidine groups is 1. The molecule has 8 heteroatoms. The molecule has 2 aromatic heterocycles. The standard InChI is InChI=1S/C16H27N7.HI/c1-11(9-15-12(2)21-22(5)13(15)3)20-16(17-4)18-10-14-7-8-19-23(14)6;/h7-8,11H,9-10H2,1-6H3,(H2,17,18,20);1H. The highest BCUT2D eigenvalue weighted by molar-refractivity contribution is 14.0. The van der Waals surface area contributed by atoms with E-state index in [-0.39, 0.29) is 30.0 Å². The van der Waals surface area contributed by atoms with Gasteiger partial charge in [0.1, 0.15) is 0 Å². The molecule has 0 radical (unpaired) electrons. The molecule has 2 N–H and O–H groups in total. The molecule has 0 aromatic carbocycles. The van der Waals surface area contributed by atoms with Crippen molar-refractivity contribution in [1.82, 2.24) is 30.2 Å². The van der Waals surface area contributed by atoms with Gasteiger partial charge in [0.25, 0.3) is 0 Å². The van der Waals surface area contributed by atoms with Crippen LogP contribution >= 0.6 is 24.0 Å². The molecule has 0 aliphatic carbocycles. The van der Waals surface area contributed by atoms with Crippen molar-refractivity contribution >= 4 is 29.9 Å². The SMILES string of the molecule is CN=C(NCc1ccnn1C)NC(C)Cc1c(C)nn(C)c1C.I. The average molecular weight is 445 g/mol. The summed E-state index contributed by atoms with van der Waals surface area (Å²) in [5, 5.41) is 15.4. The second kappa shape index (κ2) is 9.05. The summed E-state index contributed by atoms with van der Waals surface area (Å²) in [7, 11) is 5.70. The number of aromatic nitrogens is 4. The average Bonchev–Trinajstić information content (AvgIpc) is 3.02. The van der Waals surface area contributed by atoms with Gasteiger partial charge in [-0.15, -0.1) is 24.0 Å². The highest BCUT2D eigenvalue weighted by Crippen LogP contribution is 2.14. The van der Waals surface area contributed by atoms with Gasteiger partial charge < -0.3 is 10.6 Å². The third kappa shape index (κ3) is 4.96. The summed E-state index contributed by atoms with van der Waals surface area (Å²) >= 11 is 0. The zero-order valence-electron chi connectivity index (χ0n) is 15.3. The van der Waals surface area contributed by atoms with E-state index in [2.05, 4.69) is 46.6 Å². The molecule has 2 heterocycles. The second-order valence-corrected chi connectivity index (χ2v) is 5.89. The lowest BCUT2D eigenvalue weighted by Gasteiger charge is -2.18. The predicted molar refractivity (Wildman–Crippen MR) is 108 cm³/mol. The molecule has 1 atom stereocenters. The number of rotatable bonds is 5. The van der Waals surface area contributed by atoms with Gasteiger partial charge in [0.2, 0.25) is 0 Å². The van der Waals surface area contributed by atoms with E-state index in [4.69, 9.17) is 0 Å². The van der Waals surface area contributed by atoms with E-state index in [1.165, 1.54) is 11.3 Å². The zero-order chi connectivity index (χ0) is 17.0. The molecule has 0 aliphatic rings. The lowest BCUT2D eigenvalue weighted by molar-refractivity contribution is 0.627. The number of halogens is 1. The summed E-state index contributed by atoms with van der Waals surface area (Å²) in [6.07, 6.45) is 2.71. The molecule has 134 valence electrons. The van der Waals surface area contributed by atoms with E-state index in [0.717, 1.165) is 23.8 Å². The molecule has 2 aromatic rings. The van der Waals surface area contributed by atoms with E-state index in [1.54, 1.807) is 13.2 Å². The molecule has 0 saturated carbocycles. The van der Waals surface area contributed by atoms with Gasteiger partial charge in [-0.1, -0.05) is 0 Å². The highest BCUT2D eigenvalue weighted by atomic mass is 127. The van der Waals surface area contributed by atoms with E-state index >= 15 is 0 Å². The number of nitrogens with one attached hydrogen (secondary N) is 2. The first kappa shape index (κ1) is 20.5. The first-order chi connectivity index (χ1) is 10.9. The quantitative estimate of drug-likeness (QED) is 0.418. The molecule has 2 rings (SSSR count). The Bertz CT molecular complexity index is 687. The lowest BCUT2D eigenvalue weighted by Crippen LogP contribution is -2.43. The summed E-state index contributed by atoms with van der Waals surface area (Å²) < 4.78 is 3.79. The van der Waals surface area contributed by atoms with Crippen molar-refractivity contribution in [3.8, 4) is 0 Å². The van der Waals surface area contributed by atoms with E-state index in [0.29, 0.717) is 6.54 Å². The van der Waals surface area contributed by atoms with Gasteiger partial charge in [-0.05, 0) is 38.8 Å². The Balaban J connectivity index is 0.00000288. The minimum atomic E-state index is 0. The van der Waals surface area contributed by atoms with Gasteiger partial charge in [-0.25, -0.2) is 0 Å². The van der Waals surface area contributed by atoms with Crippen molar-refractivity contribution in [1.29, 1.82) is 0 Å². The summed E-state index contributed by atoms with van der Waals surface area (Å²) in [5.74, 6) is 0.790. The van der Waals surface area contributed by atoms with E-state index in [9.17, 15) is 0 Å². The van der Waals surface area contributed by atoms with Crippen LogP contribution in [0.15, 0.2) is 17.3 Å². The molecule has 24 heavy (non-hydrogen) atoms. The molecule has 0 bridgehead atoms. The largest absolute Gasteiger partial charge is 0.354 e. The Morgan fingerprint density at radius 2 is 2.00 bits per heavy atom. The van der Waals surface area contributed by atoms with Crippen LogP contribution in [-0.2, 0) is 27.1 Å². The van der Waals surface area contributed by atoms with Crippen LogP contribution in [0, 0.1) is 13.8 Å². The topological polar surface area (TPSA) is 72.1 Å². The third-order valence-corrected chi connectivity index (χ3v) is 4.14. The fraction of sp³-hybridized carbons (Fsp3) is 0.562.